The van der Waals surface area contributed by atoms with E-state index in [1.807, 2.05) is 0 Å². The van der Waals surface area contributed by atoms with Gasteiger partial charge in [0.2, 0.25) is 35.4 Å². The highest BCUT2D eigenvalue weighted by molar-refractivity contribution is 8.76. The number of carbonyl (C=O) groups excluding carboxylic acids is 6. The number of carboxylic acids is 1. The molecular weight excluding hydrogens is 572 g/mol. The van der Waals surface area contributed by atoms with Crippen LogP contribution in [0.3, 0.4) is 0 Å². The Kier molecular flexibility index (Phi) is 15.2. The maximum absolute atomic E-state index is 13.1. The molecule has 0 aromatic rings. The highest BCUT2D eigenvalue weighted by Gasteiger charge is 2.29. The molecule has 0 aromatic carbocycles. The van der Waals surface area contributed by atoms with E-state index < -0.39 is 85.1 Å². The van der Waals surface area contributed by atoms with Crippen molar-refractivity contribution in [3.63, 3.8) is 0 Å². The number of primary amides is 1. The van der Waals surface area contributed by atoms with E-state index in [1.54, 1.807) is 0 Å². The van der Waals surface area contributed by atoms with Crippen LogP contribution < -0.4 is 49.5 Å². The van der Waals surface area contributed by atoms with Gasteiger partial charge in [0.25, 0.3) is 0 Å². The number of carboxylic acid groups (broad SMARTS) is 1. The Balaban J connectivity index is 3.19. The molecule has 1 saturated heterocycles. The van der Waals surface area contributed by atoms with Gasteiger partial charge in [-0.2, -0.15) is 0 Å². The molecule has 1 aliphatic heterocycles. The first-order chi connectivity index (χ1) is 18.8. The number of aliphatic carboxylic acids is 1. The van der Waals surface area contributed by atoms with Crippen LogP contribution in [0.1, 0.15) is 19.3 Å². The second-order valence-electron chi connectivity index (χ2n) is 8.37. The third kappa shape index (κ3) is 13.8. The summed E-state index contributed by atoms with van der Waals surface area (Å²) in [6, 6.07) is -4.96. The van der Waals surface area contributed by atoms with Crippen molar-refractivity contribution in [2.75, 3.05) is 31.1 Å². The van der Waals surface area contributed by atoms with Crippen molar-refractivity contribution in [2.24, 2.45) is 27.9 Å². The molecule has 0 bridgehead atoms. The highest BCUT2D eigenvalue weighted by atomic mass is 33.1. The first kappa shape index (κ1) is 34.2. The molecular formula is C20H34N10O8S2. The van der Waals surface area contributed by atoms with Crippen LogP contribution in [0.15, 0.2) is 4.99 Å². The van der Waals surface area contributed by atoms with E-state index in [9.17, 15) is 33.6 Å². The van der Waals surface area contributed by atoms with E-state index in [0.717, 1.165) is 21.6 Å². The van der Waals surface area contributed by atoms with Crippen molar-refractivity contribution in [1.82, 2.24) is 26.6 Å². The summed E-state index contributed by atoms with van der Waals surface area (Å²) in [5.41, 5.74) is 21.6. The Morgan fingerprint density at radius 1 is 0.950 bits per heavy atom. The third-order valence-corrected chi connectivity index (χ3v) is 7.46. The Morgan fingerprint density at radius 3 is 2.25 bits per heavy atom. The fourth-order valence-electron chi connectivity index (χ4n) is 3.05. The van der Waals surface area contributed by atoms with Gasteiger partial charge in [-0.15, -0.1) is 0 Å². The molecule has 6 amide bonds. The van der Waals surface area contributed by atoms with Crippen LogP contribution in [0.2, 0.25) is 0 Å². The molecule has 0 aromatic heterocycles. The summed E-state index contributed by atoms with van der Waals surface area (Å²) in [6.07, 6.45) is -0.284. The van der Waals surface area contributed by atoms with Crippen LogP contribution in [0.4, 0.5) is 0 Å². The molecule has 1 fully saturated rings. The average Bonchev–Trinajstić information content (AvgIpc) is 2.87. The zero-order valence-corrected chi connectivity index (χ0v) is 23.0. The van der Waals surface area contributed by atoms with E-state index in [0.29, 0.717) is 0 Å². The molecule has 20 heteroatoms. The van der Waals surface area contributed by atoms with Gasteiger partial charge in [-0.3, -0.25) is 38.6 Å². The lowest BCUT2D eigenvalue weighted by Crippen LogP contribution is -2.56. The number of rotatable bonds is 9. The standard InChI is InChI=1S/C20H34N10O8S2/c21-9-7-39-40-8-12(18(37)27-6-15(33)34)30-19(38)10(2-1-3-25-20(23)24)28-14(32)5-26-17(36)11(4-13(22)31)29-16(9)35/h9-12H,1-8,21H2,(H2,22,31)(H,26,36)(H,27,37)(H,28,32)(H,29,35)(H,30,38)(H,33,34)(H4,23,24,25)/t9-,10?,11-,12?/m0/s1. The first-order valence-corrected chi connectivity index (χ1v) is 14.3. The Morgan fingerprint density at radius 2 is 1.62 bits per heavy atom. The van der Waals surface area contributed by atoms with Crippen molar-refractivity contribution in [1.29, 1.82) is 0 Å². The van der Waals surface area contributed by atoms with Crippen molar-refractivity contribution in [3.05, 3.63) is 0 Å². The minimum absolute atomic E-state index is 0.00623. The predicted molar refractivity (Wildman–Crippen MR) is 146 cm³/mol. The lowest BCUT2D eigenvalue weighted by atomic mass is 10.1. The summed E-state index contributed by atoms with van der Waals surface area (Å²) >= 11 is 0. The number of carbonyl (C=O) groups is 7. The quantitative estimate of drug-likeness (QED) is 0.0507. The zero-order chi connectivity index (χ0) is 30.2. The lowest BCUT2D eigenvalue weighted by Gasteiger charge is -2.23. The van der Waals surface area contributed by atoms with Gasteiger partial charge in [-0.1, -0.05) is 21.6 Å². The van der Waals surface area contributed by atoms with E-state index in [4.69, 9.17) is 28.0 Å². The molecule has 0 saturated carbocycles. The monoisotopic (exact) mass is 606 g/mol. The minimum atomic E-state index is -1.40. The van der Waals surface area contributed by atoms with Crippen molar-refractivity contribution in [3.8, 4) is 0 Å². The fourth-order valence-corrected chi connectivity index (χ4v) is 5.34. The van der Waals surface area contributed by atoms with Crippen LogP contribution in [-0.4, -0.2) is 108 Å². The lowest BCUT2D eigenvalue weighted by molar-refractivity contribution is -0.138. The van der Waals surface area contributed by atoms with Crippen LogP contribution in [-0.2, 0) is 33.6 Å². The van der Waals surface area contributed by atoms with Gasteiger partial charge in [0.15, 0.2) is 5.96 Å². The van der Waals surface area contributed by atoms with E-state index in [-0.39, 0.29) is 36.9 Å². The van der Waals surface area contributed by atoms with Gasteiger partial charge in [-0.25, -0.2) is 0 Å². The van der Waals surface area contributed by atoms with Crippen molar-refractivity contribution < 1.29 is 38.7 Å². The van der Waals surface area contributed by atoms with Gasteiger partial charge < -0.3 is 54.6 Å². The Bertz CT molecular complexity index is 994. The molecule has 1 heterocycles. The maximum atomic E-state index is 13.1. The second-order valence-corrected chi connectivity index (χ2v) is 10.9. The molecule has 4 atom stereocenters. The number of aliphatic imine (C=N–C) groups is 1. The normalized spacial score (nSPS) is 23.3. The molecule has 18 nitrogen and oxygen atoms in total. The molecule has 40 heavy (non-hydrogen) atoms. The largest absolute Gasteiger partial charge is 0.480 e. The Labute approximate surface area is 236 Å². The molecule has 0 aliphatic carbocycles. The summed E-state index contributed by atoms with van der Waals surface area (Å²) < 4.78 is 0. The Hall–Kier alpha value is -3.78. The molecule has 1 rings (SSSR count). The maximum Gasteiger partial charge on any atom is 0.322 e. The molecule has 14 N–H and O–H groups in total. The first-order valence-electron chi connectivity index (χ1n) is 11.8. The summed E-state index contributed by atoms with van der Waals surface area (Å²) in [6.45, 7) is -1.21. The minimum Gasteiger partial charge on any atom is -0.480 e. The topological polar surface area (TPSA) is 316 Å². The van der Waals surface area contributed by atoms with Gasteiger partial charge in [0.1, 0.15) is 24.7 Å². The molecule has 2 unspecified atom stereocenters. The summed E-state index contributed by atoms with van der Waals surface area (Å²) in [5.74, 6) is -6.45. The third-order valence-electron chi connectivity index (χ3n) is 5.01. The molecule has 1 aliphatic rings. The highest BCUT2D eigenvalue weighted by Crippen LogP contribution is 2.23. The fraction of sp³-hybridized carbons (Fsp3) is 0.600. The molecule has 0 spiro atoms. The zero-order valence-electron chi connectivity index (χ0n) is 21.3. The van der Waals surface area contributed by atoms with Crippen LogP contribution in [0, 0.1) is 0 Å². The van der Waals surface area contributed by atoms with Crippen LogP contribution in [0.5, 0.6) is 0 Å². The van der Waals surface area contributed by atoms with Gasteiger partial charge in [0.05, 0.1) is 19.0 Å². The van der Waals surface area contributed by atoms with E-state index >= 15 is 0 Å². The number of hydrogen-bond donors (Lipinski definition) is 10. The SMILES string of the molecule is NC(=O)C[C@@H]1NC(=O)[C@@H](N)CSSCC(C(=O)NCC(=O)O)NC(=O)C(CCCN=C(N)N)NC(=O)CNC1=O. The van der Waals surface area contributed by atoms with Crippen LogP contribution in [0.25, 0.3) is 0 Å². The van der Waals surface area contributed by atoms with E-state index in [2.05, 4.69) is 31.6 Å². The second kappa shape index (κ2) is 17.7. The number of nitrogens with zero attached hydrogens (tertiary/aromatic N) is 1. The van der Waals surface area contributed by atoms with Gasteiger partial charge in [0, 0.05) is 18.1 Å². The number of hydrogen-bond acceptors (Lipinski definition) is 11. The summed E-state index contributed by atoms with van der Waals surface area (Å²) in [5, 5.41) is 20.6. The average molecular weight is 607 g/mol. The predicted octanol–water partition coefficient (Wildman–Crippen LogP) is -5.59. The number of amides is 6. The molecule has 224 valence electrons. The van der Waals surface area contributed by atoms with Gasteiger partial charge in [-0.05, 0) is 12.8 Å². The smallest absolute Gasteiger partial charge is 0.322 e. The number of nitrogens with one attached hydrogen (secondary N) is 5. The van der Waals surface area contributed by atoms with Crippen LogP contribution >= 0.6 is 21.6 Å². The van der Waals surface area contributed by atoms with E-state index in [1.165, 1.54) is 0 Å². The summed E-state index contributed by atoms with van der Waals surface area (Å²) in [7, 11) is 2.13. The summed E-state index contributed by atoms with van der Waals surface area (Å²) in [4.78, 5) is 89.4. The van der Waals surface area contributed by atoms with Crippen molar-refractivity contribution in [2.45, 2.75) is 43.4 Å². The number of nitrogens with two attached hydrogens (primary N) is 4. The molecule has 0 radical (unpaired) electrons. The van der Waals surface area contributed by atoms with Gasteiger partial charge >= 0.3 is 5.97 Å². The number of guanidine groups is 1. The van der Waals surface area contributed by atoms with Crippen molar-refractivity contribution >= 4 is 69.0 Å².